The molecule has 0 aromatic carbocycles. The number of carbonyl (C=O) groups excluding carboxylic acids is 1. The van der Waals surface area contributed by atoms with Gasteiger partial charge in [-0.3, -0.25) is 4.79 Å². The number of pyridine rings is 1. The molecule has 0 amide bonds. The molecule has 0 bridgehead atoms. The quantitative estimate of drug-likeness (QED) is 0.622. The fourth-order valence-corrected chi connectivity index (χ4v) is 1.58. The smallest absolute Gasteiger partial charge is 0.166 e. The van der Waals surface area contributed by atoms with Crippen LogP contribution in [0.3, 0.4) is 0 Å². The van der Waals surface area contributed by atoms with E-state index in [0.29, 0.717) is 17.9 Å². The fraction of sp³-hybridized carbons (Fsp3) is 0.200. The molecule has 0 saturated heterocycles. The molecule has 0 aliphatic carbocycles. The number of halogens is 1. The molecule has 0 spiro atoms. The van der Waals surface area contributed by atoms with Crippen LogP contribution in [-0.2, 0) is 0 Å². The number of nitrogens with zero attached hydrogens (tertiary/aromatic N) is 1. The molecule has 0 saturated carbocycles. The van der Waals surface area contributed by atoms with E-state index < -0.39 is 0 Å². The van der Waals surface area contributed by atoms with Gasteiger partial charge in [-0.2, -0.15) is 0 Å². The van der Waals surface area contributed by atoms with Crippen LogP contribution in [0.4, 0.5) is 0 Å². The van der Waals surface area contributed by atoms with Crippen LogP contribution in [-0.4, -0.2) is 21.6 Å². The van der Waals surface area contributed by atoms with Gasteiger partial charge in [-0.25, -0.2) is 4.98 Å². The Labute approximate surface area is 86.1 Å². The zero-order valence-corrected chi connectivity index (χ0v) is 8.21. The lowest BCUT2D eigenvalue weighted by molar-refractivity contribution is 0.0991. The Morgan fingerprint density at radius 2 is 2.43 bits per heavy atom. The second-order valence-electron chi connectivity index (χ2n) is 2.96. The van der Waals surface area contributed by atoms with E-state index in [1.54, 1.807) is 12.4 Å². The van der Waals surface area contributed by atoms with Crippen LogP contribution in [0, 0.1) is 0 Å². The van der Waals surface area contributed by atoms with Crippen molar-refractivity contribution in [3.8, 4) is 0 Å². The van der Waals surface area contributed by atoms with Crippen molar-refractivity contribution < 1.29 is 4.79 Å². The first-order valence-corrected chi connectivity index (χ1v) is 4.87. The number of hydrogen-bond acceptors (Lipinski definition) is 2. The minimum atomic E-state index is 0.0549. The molecule has 0 radical (unpaired) electrons. The van der Waals surface area contributed by atoms with Crippen molar-refractivity contribution in [2.24, 2.45) is 0 Å². The largest absolute Gasteiger partial charge is 0.345 e. The molecule has 0 unspecified atom stereocenters. The summed E-state index contributed by atoms with van der Waals surface area (Å²) in [7, 11) is 0. The minimum Gasteiger partial charge on any atom is -0.345 e. The number of H-pyrrole nitrogens is 1. The predicted octanol–water partition coefficient (Wildman–Crippen LogP) is 2.37. The normalized spacial score (nSPS) is 10.6. The van der Waals surface area contributed by atoms with E-state index in [1.807, 2.05) is 12.1 Å². The third kappa shape index (κ3) is 1.51. The maximum atomic E-state index is 11.6. The summed E-state index contributed by atoms with van der Waals surface area (Å²) >= 11 is 5.52. The highest BCUT2D eigenvalue weighted by Gasteiger charge is 2.10. The van der Waals surface area contributed by atoms with Crippen LogP contribution in [0.2, 0.25) is 0 Å². The van der Waals surface area contributed by atoms with Crippen molar-refractivity contribution in [1.29, 1.82) is 0 Å². The van der Waals surface area contributed by atoms with Gasteiger partial charge in [0.2, 0.25) is 0 Å². The van der Waals surface area contributed by atoms with E-state index in [1.165, 1.54) is 0 Å². The Balaban J connectivity index is 2.47. The Kier molecular flexibility index (Phi) is 2.50. The van der Waals surface area contributed by atoms with Crippen molar-refractivity contribution in [2.75, 3.05) is 5.88 Å². The summed E-state index contributed by atoms with van der Waals surface area (Å²) in [6.07, 6.45) is 3.74. The van der Waals surface area contributed by atoms with Gasteiger partial charge < -0.3 is 4.98 Å². The summed E-state index contributed by atoms with van der Waals surface area (Å²) in [4.78, 5) is 18.6. The van der Waals surface area contributed by atoms with E-state index in [9.17, 15) is 4.79 Å². The molecule has 3 nitrogen and oxygen atoms in total. The Bertz CT molecular complexity index is 464. The molecule has 2 heterocycles. The summed E-state index contributed by atoms with van der Waals surface area (Å²) in [5, 5.41) is 0.864. The molecule has 2 aromatic rings. The monoisotopic (exact) mass is 208 g/mol. The second-order valence-corrected chi connectivity index (χ2v) is 3.34. The molecule has 2 rings (SSSR count). The van der Waals surface area contributed by atoms with Crippen LogP contribution in [0.5, 0.6) is 0 Å². The number of hydrogen-bond donors (Lipinski definition) is 1. The van der Waals surface area contributed by atoms with E-state index in [0.717, 1.165) is 11.0 Å². The third-order valence-corrected chi connectivity index (χ3v) is 2.26. The number of fused-ring (bicyclic) bond motifs is 1. The number of aromatic nitrogens is 2. The number of rotatable bonds is 3. The molecular weight excluding hydrogens is 200 g/mol. The van der Waals surface area contributed by atoms with Crippen molar-refractivity contribution in [2.45, 2.75) is 6.42 Å². The summed E-state index contributed by atoms with van der Waals surface area (Å²) in [5.74, 6) is 0.408. The zero-order valence-electron chi connectivity index (χ0n) is 7.46. The Morgan fingerprint density at radius 1 is 1.57 bits per heavy atom. The number of aromatic amines is 1. The lowest BCUT2D eigenvalue weighted by Gasteiger charge is -1.94. The molecule has 4 heteroatoms. The Morgan fingerprint density at radius 3 is 3.21 bits per heavy atom. The first-order chi connectivity index (χ1) is 6.83. The van der Waals surface area contributed by atoms with Gasteiger partial charge in [0.05, 0.1) is 0 Å². The number of nitrogens with one attached hydrogen (secondary N) is 1. The summed E-state index contributed by atoms with van der Waals surface area (Å²) in [6, 6.07) is 3.69. The average molecular weight is 209 g/mol. The van der Waals surface area contributed by atoms with Gasteiger partial charge in [-0.05, 0) is 12.1 Å². The van der Waals surface area contributed by atoms with Gasteiger partial charge in [0.1, 0.15) is 5.65 Å². The maximum Gasteiger partial charge on any atom is 0.166 e. The molecular formula is C10H9ClN2O. The van der Waals surface area contributed by atoms with Crippen LogP contribution >= 0.6 is 11.6 Å². The fourth-order valence-electron chi connectivity index (χ4n) is 1.41. The SMILES string of the molecule is O=C(CCCl)c1c[nH]c2ncccc12. The van der Waals surface area contributed by atoms with Gasteiger partial charge in [0.15, 0.2) is 5.78 Å². The van der Waals surface area contributed by atoms with Crippen LogP contribution in [0.25, 0.3) is 11.0 Å². The van der Waals surface area contributed by atoms with Crippen molar-refractivity contribution in [1.82, 2.24) is 9.97 Å². The van der Waals surface area contributed by atoms with Crippen molar-refractivity contribution in [3.63, 3.8) is 0 Å². The maximum absolute atomic E-state index is 11.6. The highest BCUT2D eigenvalue weighted by molar-refractivity contribution is 6.20. The standard InChI is InChI=1S/C10H9ClN2O/c11-4-3-9(14)8-6-13-10-7(8)2-1-5-12-10/h1-2,5-6H,3-4H2,(H,12,13). The zero-order chi connectivity index (χ0) is 9.97. The van der Waals surface area contributed by atoms with Crippen LogP contribution < -0.4 is 0 Å². The molecule has 14 heavy (non-hydrogen) atoms. The van der Waals surface area contributed by atoms with Gasteiger partial charge in [0, 0.05) is 35.6 Å². The summed E-state index contributed by atoms with van der Waals surface area (Å²) in [6.45, 7) is 0. The topological polar surface area (TPSA) is 45.8 Å². The van der Waals surface area contributed by atoms with Gasteiger partial charge in [-0.1, -0.05) is 0 Å². The minimum absolute atomic E-state index is 0.0549. The number of Topliss-reactive ketones (excluding diaryl/α,β-unsaturated/α-hetero) is 1. The van der Waals surface area contributed by atoms with Crippen LogP contribution in [0.15, 0.2) is 24.5 Å². The number of alkyl halides is 1. The molecule has 1 N–H and O–H groups in total. The highest BCUT2D eigenvalue weighted by Crippen LogP contribution is 2.17. The van der Waals surface area contributed by atoms with E-state index in [4.69, 9.17) is 11.6 Å². The molecule has 2 aromatic heterocycles. The van der Waals surface area contributed by atoms with Crippen molar-refractivity contribution >= 4 is 28.4 Å². The van der Waals surface area contributed by atoms with E-state index in [2.05, 4.69) is 9.97 Å². The molecule has 72 valence electrons. The first kappa shape index (κ1) is 9.21. The average Bonchev–Trinajstić information content (AvgIpc) is 2.61. The molecule has 0 aliphatic heterocycles. The summed E-state index contributed by atoms with van der Waals surface area (Å²) < 4.78 is 0. The predicted molar refractivity (Wildman–Crippen MR) is 55.8 cm³/mol. The molecule has 0 fully saturated rings. The third-order valence-electron chi connectivity index (χ3n) is 2.07. The molecule has 0 aliphatic rings. The van der Waals surface area contributed by atoms with Gasteiger partial charge in [-0.15, -0.1) is 11.6 Å². The van der Waals surface area contributed by atoms with Crippen LogP contribution in [0.1, 0.15) is 16.8 Å². The second kappa shape index (κ2) is 3.80. The van der Waals surface area contributed by atoms with Gasteiger partial charge in [0.25, 0.3) is 0 Å². The van der Waals surface area contributed by atoms with E-state index in [-0.39, 0.29) is 5.78 Å². The molecule has 0 atom stereocenters. The highest BCUT2D eigenvalue weighted by atomic mass is 35.5. The van der Waals surface area contributed by atoms with Gasteiger partial charge >= 0.3 is 0 Å². The Hall–Kier alpha value is -1.35. The number of carbonyl (C=O) groups is 1. The lowest BCUT2D eigenvalue weighted by Crippen LogP contribution is -1.98. The van der Waals surface area contributed by atoms with Crippen molar-refractivity contribution in [3.05, 3.63) is 30.1 Å². The van der Waals surface area contributed by atoms with E-state index >= 15 is 0 Å². The summed E-state index contributed by atoms with van der Waals surface area (Å²) in [5.41, 5.74) is 1.42. The number of ketones is 1. The first-order valence-electron chi connectivity index (χ1n) is 4.34. The lowest BCUT2D eigenvalue weighted by atomic mass is 10.1.